The van der Waals surface area contributed by atoms with E-state index >= 15 is 0 Å². The first-order valence-corrected chi connectivity index (χ1v) is 6.86. The molecule has 0 amide bonds. The quantitative estimate of drug-likeness (QED) is 0.874. The molecule has 2 N–H and O–H groups in total. The van der Waals surface area contributed by atoms with Crippen LogP contribution in [0, 0.1) is 6.92 Å². The Hall–Kier alpha value is -1.23. The van der Waals surface area contributed by atoms with Gasteiger partial charge in [-0.3, -0.25) is 9.58 Å². The van der Waals surface area contributed by atoms with Crippen molar-refractivity contribution in [3.63, 3.8) is 0 Å². The summed E-state index contributed by atoms with van der Waals surface area (Å²) >= 11 is 0. The topological polar surface area (TPSA) is 50.3 Å². The molecule has 2 heterocycles. The average Bonchev–Trinajstić information content (AvgIpc) is 2.88. The predicted molar refractivity (Wildman–Crippen MR) is 75.9 cm³/mol. The fourth-order valence-corrected chi connectivity index (χ4v) is 3.01. The van der Waals surface area contributed by atoms with E-state index in [4.69, 9.17) is 5.73 Å². The number of aryl methyl sites for hydroxylation is 2. The third-order valence-electron chi connectivity index (χ3n) is 4.03. The van der Waals surface area contributed by atoms with Gasteiger partial charge in [0.2, 0.25) is 0 Å². The summed E-state index contributed by atoms with van der Waals surface area (Å²) in [7, 11) is 1.98. The first kappa shape index (κ1) is 13.2. The summed E-state index contributed by atoms with van der Waals surface area (Å²) in [6, 6.07) is 0.648. The monoisotopic (exact) mass is 251 g/mol. The van der Waals surface area contributed by atoms with Gasteiger partial charge in [-0.25, -0.2) is 0 Å². The SMILES string of the molecule is CCN(CC)C1CCN(c2c(N)c(C)nn2C)C1. The van der Waals surface area contributed by atoms with Crippen LogP contribution in [0.25, 0.3) is 0 Å². The van der Waals surface area contributed by atoms with Crippen LogP contribution in [0.3, 0.4) is 0 Å². The van der Waals surface area contributed by atoms with E-state index in [1.54, 1.807) is 0 Å². The molecule has 2 rings (SSSR count). The summed E-state index contributed by atoms with van der Waals surface area (Å²) in [6.07, 6.45) is 1.21. The highest BCUT2D eigenvalue weighted by Gasteiger charge is 2.29. The smallest absolute Gasteiger partial charge is 0.150 e. The van der Waals surface area contributed by atoms with Crippen molar-refractivity contribution in [2.45, 2.75) is 33.2 Å². The van der Waals surface area contributed by atoms with Gasteiger partial charge in [0.25, 0.3) is 0 Å². The summed E-state index contributed by atoms with van der Waals surface area (Å²) < 4.78 is 1.91. The zero-order chi connectivity index (χ0) is 13.3. The van der Waals surface area contributed by atoms with Gasteiger partial charge < -0.3 is 10.6 Å². The Morgan fingerprint density at radius 3 is 2.56 bits per heavy atom. The molecule has 1 aliphatic rings. The van der Waals surface area contributed by atoms with Crippen molar-refractivity contribution in [1.82, 2.24) is 14.7 Å². The predicted octanol–water partition coefficient (Wildman–Crippen LogP) is 1.23. The zero-order valence-electron chi connectivity index (χ0n) is 12.0. The second kappa shape index (κ2) is 5.18. The highest BCUT2D eigenvalue weighted by molar-refractivity contribution is 5.66. The van der Waals surface area contributed by atoms with Crippen molar-refractivity contribution in [2.24, 2.45) is 7.05 Å². The molecular formula is C13H25N5. The van der Waals surface area contributed by atoms with Gasteiger partial charge in [0.05, 0.1) is 11.4 Å². The van der Waals surface area contributed by atoms with E-state index in [1.165, 1.54) is 6.42 Å². The van der Waals surface area contributed by atoms with E-state index in [1.807, 2.05) is 18.7 Å². The van der Waals surface area contributed by atoms with E-state index < -0.39 is 0 Å². The van der Waals surface area contributed by atoms with Gasteiger partial charge in [-0.05, 0) is 26.4 Å². The molecule has 0 aromatic carbocycles. The first-order chi connectivity index (χ1) is 8.58. The second-order valence-corrected chi connectivity index (χ2v) is 5.06. The highest BCUT2D eigenvalue weighted by Crippen LogP contribution is 2.29. The first-order valence-electron chi connectivity index (χ1n) is 6.86. The van der Waals surface area contributed by atoms with E-state index in [0.717, 1.165) is 43.4 Å². The highest BCUT2D eigenvalue weighted by atomic mass is 15.4. The van der Waals surface area contributed by atoms with Crippen LogP contribution in [0.1, 0.15) is 26.0 Å². The largest absolute Gasteiger partial charge is 0.394 e. The molecule has 5 heteroatoms. The van der Waals surface area contributed by atoms with Crippen LogP contribution in [-0.4, -0.2) is 46.9 Å². The molecule has 1 atom stereocenters. The third-order valence-corrected chi connectivity index (χ3v) is 4.03. The molecule has 0 bridgehead atoms. The molecule has 0 spiro atoms. The number of hydrogen-bond acceptors (Lipinski definition) is 4. The number of nitrogens with two attached hydrogens (primary N) is 1. The molecule has 0 radical (unpaired) electrons. The molecule has 5 nitrogen and oxygen atoms in total. The Kier molecular flexibility index (Phi) is 3.80. The molecule has 1 aromatic rings. The molecule has 1 aromatic heterocycles. The van der Waals surface area contributed by atoms with Crippen LogP contribution < -0.4 is 10.6 Å². The lowest BCUT2D eigenvalue weighted by molar-refractivity contribution is 0.232. The minimum Gasteiger partial charge on any atom is -0.394 e. The lowest BCUT2D eigenvalue weighted by Crippen LogP contribution is -2.37. The van der Waals surface area contributed by atoms with Gasteiger partial charge in [0, 0.05) is 26.2 Å². The van der Waals surface area contributed by atoms with Gasteiger partial charge in [0.1, 0.15) is 5.82 Å². The van der Waals surface area contributed by atoms with E-state index in [0.29, 0.717) is 6.04 Å². The molecule has 102 valence electrons. The molecule has 1 fully saturated rings. The molecular weight excluding hydrogens is 226 g/mol. The Bertz CT molecular complexity index is 408. The number of likely N-dealkylation sites (N-methyl/N-ethyl adjacent to an activating group) is 1. The van der Waals surface area contributed by atoms with Crippen molar-refractivity contribution in [3.05, 3.63) is 5.69 Å². The average molecular weight is 251 g/mol. The normalized spacial score (nSPS) is 20.1. The molecule has 18 heavy (non-hydrogen) atoms. The number of anilines is 2. The lowest BCUT2D eigenvalue weighted by Gasteiger charge is -2.26. The standard InChI is InChI=1S/C13H25N5/c1-5-17(6-2)11-7-8-18(9-11)13-12(14)10(3)15-16(13)4/h11H,5-9,14H2,1-4H3. The van der Waals surface area contributed by atoms with Gasteiger partial charge in [-0.2, -0.15) is 5.10 Å². The van der Waals surface area contributed by atoms with Crippen LogP contribution in [0.2, 0.25) is 0 Å². The number of nitrogen functional groups attached to an aromatic ring is 1. The van der Waals surface area contributed by atoms with E-state index in [9.17, 15) is 0 Å². The van der Waals surface area contributed by atoms with Crippen molar-refractivity contribution in [1.29, 1.82) is 0 Å². The summed E-state index contributed by atoms with van der Waals surface area (Å²) in [5, 5.41) is 4.40. The van der Waals surface area contributed by atoms with Gasteiger partial charge in [-0.1, -0.05) is 13.8 Å². The summed E-state index contributed by atoms with van der Waals surface area (Å²) in [6.45, 7) is 10.8. The van der Waals surface area contributed by atoms with E-state index in [2.05, 4.69) is 28.7 Å². The van der Waals surface area contributed by atoms with Crippen molar-refractivity contribution >= 4 is 11.5 Å². The van der Waals surface area contributed by atoms with Gasteiger partial charge >= 0.3 is 0 Å². The molecule has 1 aliphatic heterocycles. The Morgan fingerprint density at radius 1 is 1.39 bits per heavy atom. The van der Waals surface area contributed by atoms with Crippen LogP contribution >= 0.6 is 0 Å². The maximum Gasteiger partial charge on any atom is 0.150 e. The van der Waals surface area contributed by atoms with E-state index in [-0.39, 0.29) is 0 Å². The molecule has 0 saturated carbocycles. The van der Waals surface area contributed by atoms with Crippen LogP contribution in [0.4, 0.5) is 11.5 Å². The zero-order valence-corrected chi connectivity index (χ0v) is 12.0. The van der Waals surface area contributed by atoms with Crippen molar-refractivity contribution in [3.8, 4) is 0 Å². The second-order valence-electron chi connectivity index (χ2n) is 5.06. The summed E-state index contributed by atoms with van der Waals surface area (Å²) in [4.78, 5) is 4.90. The number of hydrogen-bond donors (Lipinski definition) is 1. The number of rotatable bonds is 4. The molecule has 1 unspecified atom stereocenters. The van der Waals surface area contributed by atoms with Crippen LogP contribution in [0.15, 0.2) is 0 Å². The Balaban J connectivity index is 2.13. The minimum absolute atomic E-state index is 0.648. The fraction of sp³-hybridized carbons (Fsp3) is 0.769. The third kappa shape index (κ3) is 2.19. The number of nitrogens with zero attached hydrogens (tertiary/aromatic N) is 4. The Morgan fingerprint density at radius 2 is 2.06 bits per heavy atom. The van der Waals surface area contributed by atoms with Gasteiger partial charge in [0.15, 0.2) is 0 Å². The summed E-state index contributed by atoms with van der Waals surface area (Å²) in [5.41, 5.74) is 7.89. The summed E-state index contributed by atoms with van der Waals surface area (Å²) in [5.74, 6) is 1.09. The molecule has 0 aliphatic carbocycles. The maximum absolute atomic E-state index is 6.13. The molecule has 1 saturated heterocycles. The van der Waals surface area contributed by atoms with Crippen molar-refractivity contribution < 1.29 is 0 Å². The van der Waals surface area contributed by atoms with Crippen LogP contribution in [-0.2, 0) is 7.05 Å². The van der Waals surface area contributed by atoms with Gasteiger partial charge in [-0.15, -0.1) is 0 Å². The minimum atomic E-state index is 0.648. The van der Waals surface area contributed by atoms with Crippen LogP contribution in [0.5, 0.6) is 0 Å². The fourth-order valence-electron chi connectivity index (χ4n) is 3.01. The Labute approximate surface area is 110 Å². The van der Waals surface area contributed by atoms with Crippen molar-refractivity contribution in [2.75, 3.05) is 36.8 Å². The number of aromatic nitrogens is 2. The maximum atomic E-state index is 6.13. The lowest BCUT2D eigenvalue weighted by atomic mass is 10.2.